The van der Waals surface area contributed by atoms with E-state index in [1.54, 1.807) is 18.2 Å². The normalized spacial score (nSPS) is 15.8. The van der Waals surface area contributed by atoms with Crippen LogP contribution in [0, 0.1) is 0 Å². The van der Waals surface area contributed by atoms with Gasteiger partial charge in [0.2, 0.25) is 5.91 Å². The van der Waals surface area contributed by atoms with Gasteiger partial charge in [0.1, 0.15) is 0 Å². The van der Waals surface area contributed by atoms with Gasteiger partial charge in [-0.15, -0.1) is 11.8 Å². The van der Waals surface area contributed by atoms with E-state index >= 15 is 0 Å². The highest BCUT2D eigenvalue weighted by molar-refractivity contribution is 8.00. The minimum Gasteiger partial charge on any atom is -0.376 e. The molecule has 1 unspecified atom stereocenters. The summed E-state index contributed by atoms with van der Waals surface area (Å²) in [5, 5.41) is 8.11. The van der Waals surface area contributed by atoms with Gasteiger partial charge in [0.25, 0.3) is 5.91 Å². The lowest BCUT2D eigenvalue weighted by atomic mass is 10.1. The maximum absolute atomic E-state index is 12.6. The summed E-state index contributed by atoms with van der Waals surface area (Å²) in [4.78, 5) is 26.1. The van der Waals surface area contributed by atoms with Crippen molar-refractivity contribution in [1.82, 2.24) is 5.32 Å². The van der Waals surface area contributed by atoms with Gasteiger partial charge in [-0.05, 0) is 47.9 Å². The molecule has 0 aromatic heterocycles. The molecular formula is C24H24N2O3S. The van der Waals surface area contributed by atoms with Crippen LogP contribution < -0.4 is 10.6 Å². The molecule has 0 bridgehead atoms. The molecular weight excluding hydrogens is 396 g/mol. The van der Waals surface area contributed by atoms with Crippen LogP contribution in [0.15, 0.2) is 71.6 Å². The molecule has 3 aromatic rings. The number of hydrogen-bond acceptors (Lipinski definition) is 4. The summed E-state index contributed by atoms with van der Waals surface area (Å²) in [5.41, 5.74) is 0.978. The maximum Gasteiger partial charge on any atom is 0.253 e. The van der Waals surface area contributed by atoms with E-state index in [9.17, 15) is 9.59 Å². The Balaban J connectivity index is 1.34. The summed E-state index contributed by atoms with van der Waals surface area (Å²) in [7, 11) is 0. The molecule has 1 fully saturated rings. The number of ether oxygens (including phenoxy) is 1. The Kier molecular flexibility index (Phi) is 6.67. The molecule has 1 heterocycles. The average Bonchev–Trinajstić information content (AvgIpc) is 3.30. The minimum absolute atomic E-state index is 0.0778. The van der Waals surface area contributed by atoms with Crippen molar-refractivity contribution in [3.05, 3.63) is 72.3 Å². The number of hydrogen-bond donors (Lipinski definition) is 2. The van der Waals surface area contributed by atoms with Crippen LogP contribution >= 0.6 is 11.8 Å². The zero-order valence-electron chi connectivity index (χ0n) is 16.6. The molecule has 4 rings (SSSR count). The van der Waals surface area contributed by atoms with Crippen molar-refractivity contribution in [3.8, 4) is 0 Å². The van der Waals surface area contributed by atoms with E-state index in [1.165, 1.54) is 17.1 Å². The second kappa shape index (κ2) is 9.78. The summed E-state index contributed by atoms with van der Waals surface area (Å²) >= 11 is 1.47. The van der Waals surface area contributed by atoms with Crippen molar-refractivity contribution in [3.63, 3.8) is 0 Å². The highest BCUT2D eigenvalue weighted by atomic mass is 32.2. The summed E-state index contributed by atoms with van der Waals surface area (Å²) in [6.07, 6.45) is 2.07. The van der Waals surface area contributed by atoms with Gasteiger partial charge < -0.3 is 15.4 Å². The Hall–Kier alpha value is -2.83. The van der Waals surface area contributed by atoms with Crippen LogP contribution in [0.25, 0.3) is 10.8 Å². The second-order valence-corrected chi connectivity index (χ2v) is 8.29. The molecule has 1 saturated heterocycles. The van der Waals surface area contributed by atoms with Gasteiger partial charge in [0.05, 0.1) is 23.1 Å². The van der Waals surface area contributed by atoms with Gasteiger partial charge in [-0.25, -0.2) is 0 Å². The van der Waals surface area contributed by atoms with Crippen molar-refractivity contribution < 1.29 is 14.3 Å². The lowest BCUT2D eigenvalue weighted by molar-refractivity contribution is -0.113. The van der Waals surface area contributed by atoms with Gasteiger partial charge in [-0.3, -0.25) is 9.59 Å². The summed E-state index contributed by atoms with van der Waals surface area (Å²) in [6, 6.07) is 21.4. The van der Waals surface area contributed by atoms with Crippen molar-refractivity contribution in [2.75, 3.05) is 24.2 Å². The zero-order chi connectivity index (χ0) is 20.8. The van der Waals surface area contributed by atoms with E-state index in [0.29, 0.717) is 17.8 Å². The minimum atomic E-state index is -0.205. The van der Waals surface area contributed by atoms with Gasteiger partial charge in [0, 0.05) is 18.0 Å². The number of carbonyl (C=O) groups is 2. The van der Waals surface area contributed by atoms with Crippen molar-refractivity contribution in [1.29, 1.82) is 0 Å². The molecule has 5 nitrogen and oxygen atoms in total. The molecule has 6 heteroatoms. The third kappa shape index (κ3) is 5.20. The molecule has 0 saturated carbocycles. The van der Waals surface area contributed by atoms with E-state index in [4.69, 9.17) is 4.74 Å². The smallest absolute Gasteiger partial charge is 0.253 e. The van der Waals surface area contributed by atoms with E-state index < -0.39 is 0 Å². The number of nitrogens with one attached hydrogen (secondary N) is 2. The lowest BCUT2D eigenvalue weighted by Crippen LogP contribution is -2.32. The van der Waals surface area contributed by atoms with E-state index in [-0.39, 0.29) is 23.7 Å². The van der Waals surface area contributed by atoms with Crippen molar-refractivity contribution in [2.45, 2.75) is 23.8 Å². The monoisotopic (exact) mass is 420 g/mol. The molecule has 154 valence electrons. The van der Waals surface area contributed by atoms with Gasteiger partial charge in [-0.2, -0.15) is 0 Å². The molecule has 1 atom stereocenters. The first-order valence-electron chi connectivity index (χ1n) is 10.1. The highest BCUT2D eigenvalue weighted by Crippen LogP contribution is 2.24. The molecule has 0 aliphatic carbocycles. The summed E-state index contributed by atoms with van der Waals surface area (Å²) in [5.74, 6) is -0.0828. The van der Waals surface area contributed by atoms with Gasteiger partial charge >= 0.3 is 0 Å². The van der Waals surface area contributed by atoms with E-state index in [1.807, 2.05) is 24.3 Å². The Labute approximate surface area is 180 Å². The quantitative estimate of drug-likeness (QED) is 0.553. The number of amides is 2. The van der Waals surface area contributed by atoms with Crippen LogP contribution in [0.1, 0.15) is 23.2 Å². The average molecular weight is 421 g/mol. The number of thioether (sulfide) groups is 1. The third-order valence-electron chi connectivity index (χ3n) is 5.05. The first kappa shape index (κ1) is 20.4. The molecule has 2 N–H and O–H groups in total. The number of carbonyl (C=O) groups excluding carboxylic acids is 2. The van der Waals surface area contributed by atoms with Crippen LogP contribution in [-0.4, -0.2) is 36.8 Å². The van der Waals surface area contributed by atoms with Crippen LogP contribution in [0.2, 0.25) is 0 Å². The fourth-order valence-corrected chi connectivity index (χ4v) is 4.23. The fourth-order valence-electron chi connectivity index (χ4n) is 3.49. The maximum atomic E-state index is 12.6. The molecule has 2 amide bonds. The molecule has 0 radical (unpaired) electrons. The fraction of sp³-hybridized carbons (Fsp3) is 0.250. The molecule has 3 aromatic carbocycles. The highest BCUT2D eigenvalue weighted by Gasteiger charge is 2.18. The topological polar surface area (TPSA) is 67.4 Å². The van der Waals surface area contributed by atoms with Gasteiger partial charge in [0.15, 0.2) is 0 Å². The van der Waals surface area contributed by atoms with E-state index in [0.717, 1.165) is 29.7 Å². The molecule has 1 aliphatic heterocycles. The number of para-hydroxylation sites is 1. The number of fused-ring (bicyclic) bond motifs is 1. The van der Waals surface area contributed by atoms with Crippen LogP contribution in [0.4, 0.5) is 5.69 Å². The summed E-state index contributed by atoms with van der Waals surface area (Å²) in [6.45, 7) is 1.24. The Bertz CT molecular complexity index is 1050. The number of benzene rings is 3. The van der Waals surface area contributed by atoms with Crippen LogP contribution in [0.3, 0.4) is 0 Å². The molecule has 1 aliphatic rings. The van der Waals surface area contributed by atoms with Crippen LogP contribution in [-0.2, 0) is 9.53 Å². The number of rotatable bonds is 7. The third-order valence-corrected chi connectivity index (χ3v) is 6.04. The summed E-state index contributed by atoms with van der Waals surface area (Å²) < 4.78 is 5.55. The molecule has 30 heavy (non-hydrogen) atoms. The SMILES string of the molecule is O=C(CSc1ccc2ccccc2c1)Nc1ccccc1C(=O)NCC1CCCO1. The molecule has 0 spiro atoms. The standard InChI is InChI=1S/C24H24N2O3S/c27-23(16-30-20-12-11-17-6-1-2-7-18(17)14-20)26-22-10-4-3-9-21(22)24(28)25-15-19-8-5-13-29-19/h1-4,6-7,9-12,14,19H,5,8,13,15-16H2,(H,25,28)(H,26,27). The Morgan fingerprint density at radius 2 is 1.80 bits per heavy atom. The van der Waals surface area contributed by atoms with E-state index in [2.05, 4.69) is 34.9 Å². The predicted octanol–water partition coefficient (Wildman–Crippen LogP) is 4.48. The number of anilines is 1. The predicted molar refractivity (Wildman–Crippen MR) is 121 cm³/mol. The Morgan fingerprint density at radius 1 is 1.00 bits per heavy atom. The van der Waals surface area contributed by atoms with Crippen molar-refractivity contribution >= 4 is 40.0 Å². The Morgan fingerprint density at radius 3 is 2.63 bits per heavy atom. The first-order chi connectivity index (χ1) is 14.7. The van der Waals surface area contributed by atoms with Crippen LogP contribution in [0.5, 0.6) is 0 Å². The van der Waals surface area contributed by atoms with Crippen molar-refractivity contribution in [2.24, 2.45) is 0 Å². The van der Waals surface area contributed by atoms with Gasteiger partial charge in [-0.1, -0.05) is 42.5 Å². The second-order valence-electron chi connectivity index (χ2n) is 7.24. The first-order valence-corrected chi connectivity index (χ1v) is 11.1. The lowest BCUT2D eigenvalue weighted by Gasteiger charge is -2.14. The largest absolute Gasteiger partial charge is 0.376 e. The zero-order valence-corrected chi connectivity index (χ0v) is 17.4.